The van der Waals surface area contributed by atoms with Crippen molar-refractivity contribution >= 4 is 0 Å². The molecular formula is C17H23N3O. The van der Waals surface area contributed by atoms with Gasteiger partial charge in [-0.05, 0) is 36.9 Å². The molecule has 112 valence electrons. The molecule has 0 spiro atoms. The summed E-state index contributed by atoms with van der Waals surface area (Å²) in [6.07, 6.45) is 5.36. The Morgan fingerprint density at radius 1 is 1.29 bits per heavy atom. The molecule has 0 bridgehead atoms. The number of aromatic nitrogens is 2. The summed E-state index contributed by atoms with van der Waals surface area (Å²) in [7, 11) is 1.74. The Kier molecular flexibility index (Phi) is 4.68. The monoisotopic (exact) mass is 285 g/mol. The molecule has 2 heterocycles. The van der Waals surface area contributed by atoms with E-state index in [1.165, 1.54) is 24.0 Å². The van der Waals surface area contributed by atoms with Gasteiger partial charge in [-0.3, -0.25) is 0 Å². The SMILES string of the molecule is COCCc1ccc(-c2cnc(C3CCCNC3)[nH]2)cc1. The fourth-order valence-corrected chi connectivity index (χ4v) is 2.85. The van der Waals surface area contributed by atoms with E-state index in [9.17, 15) is 0 Å². The Hall–Kier alpha value is -1.65. The molecule has 4 heteroatoms. The lowest BCUT2D eigenvalue weighted by molar-refractivity contribution is 0.202. The highest BCUT2D eigenvalue weighted by atomic mass is 16.5. The van der Waals surface area contributed by atoms with E-state index in [4.69, 9.17) is 4.74 Å². The van der Waals surface area contributed by atoms with Crippen LogP contribution >= 0.6 is 0 Å². The lowest BCUT2D eigenvalue weighted by Gasteiger charge is -2.20. The first-order chi connectivity index (χ1) is 10.4. The van der Waals surface area contributed by atoms with Crippen molar-refractivity contribution in [3.05, 3.63) is 41.9 Å². The lowest BCUT2D eigenvalue weighted by atomic mass is 9.99. The number of ether oxygens (including phenoxy) is 1. The van der Waals surface area contributed by atoms with Crippen molar-refractivity contribution in [3.63, 3.8) is 0 Å². The van der Waals surface area contributed by atoms with Crippen LogP contribution in [-0.2, 0) is 11.2 Å². The van der Waals surface area contributed by atoms with E-state index < -0.39 is 0 Å². The summed E-state index contributed by atoms with van der Waals surface area (Å²) < 4.78 is 5.11. The molecule has 0 aliphatic carbocycles. The molecule has 0 saturated carbocycles. The molecule has 2 N–H and O–H groups in total. The Balaban J connectivity index is 1.70. The van der Waals surface area contributed by atoms with Gasteiger partial charge >= 0.3 is 0 Å². The Bertz CT molecular complexity index is 556. The molecular weight excluding hydrogens is 262 g/mol. The van der Waals surface area contributed by atoms with E-state index in [2.05, 4.69) is 39.6 Å². The Morgan fingerprint density at radius 2 is 2.14 bits per heavy atom. The number of imidazole rings is 1. The van der Waals surface area contributed by atoms with Gasteiger partial charge in [0.25, 0.3) is 0 Å². The second-order valence-electron chi connectivity index (χ2n) is 5.67. The van der Waals surface area contributed by atoms with Gasteiger partial charge in [-0.2, -0.15) is 0 Å². The van der Waals surface area contributed by atoms with Gasteiger partial charge in [-0.15, -0.1) is 0 Å². The van der Waals surface area contributed by atoms with Crippen LogP contribution in [0.25, 0.3) is 11.3 Å². The van der Waals surface area contributed by atoms with Gasteiger partial charge in [0, 0.05) is 19.6 Å². The maximum atomic E-state index is 5.11. The van der Waals surface area contributed by atoms with Gasteiger partial charge < -0.3 is 15.0 Å². The average Bonchev–Trinajstić information content (AvgIpc) is 3.04. The normalized spacial score (nSPS) is 18.8. The van der Waals surface area contributed by atoms with Crippen LogP contribution < -0.4 is 5.32 Å². The smallest absolute Gasteiger partial charge is 0.110 e. The van der Waals surface area contributed by atoms with Crippen LogP contribution in [-0.4, -0.2) is 36.8 Å². The van der Waals surface area contributed by atoms with Gasteiger partial charge in [-0.1, -0.05) is 24.3 Å². The van der Waals surface area contributed by atoms with E-state index >= 15 is 0 Å². The van der Waals surface area contributed by atoms with E-state index in [1.54, 1.807) is 7.11 Å². The molecule has 1 aliphatic heterocycles. The van der Waals surface area contributed by atoms with Crippen LogP contribution in [0.15, 0.2) is 30.5 Å². The van der Waals surface area contributed by atoms with Crippen molar-refractivity contribution in [1.29, 1.82) is 0 Å². The molecule has 1 atom stereocenters. The average molecular weight is 285 g/mol. The van der Waals surface area contributed by atoms with E-state index in [0.717, 1.165) is 37.6 Å². The van der Waals surface area contributed by atoms with Gasteiger partial charge in [0.15, 0.2) is 0 Å². The van der Waals surface area contributed by atoms with Crippen LogP contribution in [0.3, 0.4) is 0 Å². The molecule has 3 rings (SSSR count). The van der Waals surface area contributed by atoms with Crippen LogP contribution in [0.2, 0.25) is 0 Å². The molecule has 21 heavy (non-hydrogen) atoms. The van der Waals surface area contributed by atoms with Crippen LogP contribution in [0.5, 0.6) is 0 Å². The highest BCUT2D eigenvalue weighted by Gasteiger charge is 2.18. The second kappa shape index (κ2) is 6.87. The molecule has 0 amide bonds. The number of methoxy groups -OCH3 is 1. The third-order valence-corrected chi connectivity index (χ3v) is 4.14. The summed E-state index contributed by atoms with van der Waals surface area (Å²) in [6.45, 7) is 2.93. The molecule has 1 aromatic heterocycles. The largest absolute Gasteiger partial charge is 0.384 e. The fourth-order valence-electron chi connectivity index (χ4n) is 2.85. The predicted molar refractivity (Wildman–Crippen MR) is 84.4 cm³/mol. The number of aromatic amines is 1. The topological polar surface area (TPSA) is 49.9 Å². The number of hydrogen-bond acceptors (Lipinski definition) is 3. The van der Waals surface area contributed by atoms with Crippen LogP contribution in [0.1, 0.15) is 30.1 Å². The molecule has 0 radical (unpaired) electrons. The zero-order valence-electron chi connectivity index (χ0n) is 12.6. The molecule has 2 aromatic rings. The van der Waals surface area contributed by atoms with E-state index in [-0.39, 0.29) is 0 Å². The summed E-state index contributed by atoms with van der Waals surface area (Å²) >= 11 is 0. The van der Waals surface area contributed by atoms with Gasteiger partial charge in [0.05, 0.1) is 18.5 Å². The van der Waals surface area contributed by atoms with E-state index in [0.29, 0.717) is 5.92 Å². The molecule has 1 fully saturated rings. The quantitative estimate of drug-likeness (QED) is 0.888. The maximum absolute atomic E-state index is 5.11. The minimum absolute atomic E-state index is 0.522. The summed E-state index contributed by atoms with van der Waals surface area (Å²) in [4.78, 5) is 8.06. The van der Waals surface area contributed by atoms with Gasteiger partial charge in [-0.25, -0.2) is 4.98 Å². The second-order valence-corrected chi connectivity index (χ2v) is 5.67. The van der Waals surface area contributed by atoms with Crippen molar-refractivity contribution in [2.75, 3.05) is 26.8 Å². The first kappa shape index (κ1) is 14.3. The standard InChI is InChI=1S/C17H23N3O/c1-21-10-8-13-4-6-14(7-5-13)16-12-19-17(20-16)15-3-2-9-18-11-15/h4-7,12,15,18H,2-3,8-11H2,1H3,(H,19,20). The first-order valence-electron chi connectivity index (χ1n) is 7.70. The number of benzene rings is 1. The fraction of sp³-hybridized carbons (Fsp3) is 0.471. The molecule has 1 aromatic carbocycles. The predicted octanol–water partition coefficient (Wildman–Crippen LogP) is 2.73. The van der Waals surface area contributed by atoms with Crippen molar-refractivity contribution in [2.24, 2.45) is 0 Å². The van der Waals surface area contributed by atoms with Crippen LogP contribution in [0.4, 0.5) is 0 Å². The zero-order valence-corrected chi connectivity index (χ0v) is 12.6. The van der Waals surface area contributed by atoms with Crippen molar-refractivity contribution in [3.8, 4) is 11.3 Å². The maximum Gasteiger partial charge on any atom is 0.110 e. The summed E-state index contributed by atoms with van der Waals surface area (Å²) in [5, 5.41) is 3.44. The summed E-state index contributed by atoms with van der Waals surface area (Å²) in [5.41, 5.74) is 3.60. The van der Waals surface area contributed by atoms with Crippen molar-refractivity contribution in [2.45, 2.75) is 25.2 Å². The highest BCUT2D eigenvalue weighted by Crippen LogP contribution is 2.24. The van der Waals surface area contributed by atoms with Crippen molar-refractivity contribution in [1.82, 2.24) is 15.3 Å². The molecule has 4 nitrogen and oxygen atoms in total. The number of rotatable bonds is 5. The Labute approximate surface area is 125 Å². The first-order valence-corrected chi connectivity index (χ1v) is 7.70. The van der Waals surface area contributed by atoms with Crippen LogP contribution in [0, 0.1) is 0 Å². The Morgan fingerprint density at radius 3 is 2.86 bits per heavy atom. The molecule has 1 unspecified atom stereocenters. The number of nitrogens with one attached hydrogen (secondary N) is 2. The number of nitrogens with zero attached hydrogens (tertiary/aromatic N) is 1. The van der Waals surface area contributed by atoms with Gasteiger partial charge in [0.1, 0.15) is 5.82 Å². The number of piperidine rings is 1. The van der Waals surface area contributed by atoms with Gasteiger partial charge in [0.2, 0.25) is 0 Å². The minimum atomic E-state index is 0.522. The summed E-state index contributed by atoms with van der Waals surface area (Å²) in [6, 6.07) is 8.64. The third-order valence-electron chi connectivity index (χ3n) is 4.14. The summed E-state index contributed by atoms with van der Waals surface area (Å²) in [5.74, 6) is 1.63. The molecule has 1 saturated heterocycles. The number of hydrogen-bond donors (Lipinski definition) is 2. The zero-order chi connectivity index (χ0) is 14.5. The third kappa shape index (κ3) is 3.52. The lowest BCUT2D eigenvalue weighted by Crippen LogP contribution is -2.28. The number of H-pyrrole nitrogens is 1. The highest BCUT2D eigenvalue weighted by molar-refractivity contribution is 5.58. The van der Waals surface area contributed by atoms with E-state index in [1.807, 2.05) is 6.20 Å². The molecule has 1 aliphatic rings. The minimum Gasteiger partial charge on any atom is -0.384 e. The van der Waals surface area contributed by atoms with Crippen molar-refractivity contribution < 1.29 is 4.74 Å².